The van der Waals surface area contributed by atoms with Gasteiger partial charge in [-0.2, -0.15) is 0 Å². The molecular weight excluding hydrogens is 424 g/mol. The maximum Gasteiger partial charge on any atom is 0.250 e. The SMILES string of the molecule is CCC(C)c1ccc(-c2csc(NC(=O)C=Cc3c(Cl)nc4sccn34)n2)cc1. The summed E-state index contributed by atoms with van der Waals surface area (Å²) in [5, 5.41) is 7.60. The summed E-state index contributed by atoms with van der Waals surface area (Å²) in [6.07, 6.45) is 6.08. The molecule has 148 valence electrons. The van der Waals surface area contributed by atoms with Crippen LogP contribution in [0, 0.1) is 0 Å². The number of nitrogens with zero attached hydrogens (tertiary/aromatic N) is 3. The molecule has 0 radical (unpaired) electrons. The van der Waals surface area contributed by atoms with E-state index in [0.717, 1.165) is 22.6 Å². The van der Waals surface area contributed by atoms with Crippen molar-refractivity contribution in [1.29, 1.82) is 0 Å². The molecule has 4 rings (SSSR count). The van der Waals surface area contributed by atoms with Gasteiger partial charge in [0, 0.05) is 28.6 Å². The number of anilines is 1. The maximum atomic E-state index is 12.3. The number of halogens is 1. The van der Waals surface area contributed by atoms with Crippen molar-refractivity contribution in [3.8, 4) is 11.3 Å². The smallest absolute Gasteiger partial charge is 0.250 e. The summed E-state index contributed by atoms with van der Waals surface area (Å²) in [6.45, 7) is 4.41. The lowest BCUT2D eigenvalue weighted by molar-refractivity contribution is -0.111. The van der Waals surface area contributed by atoms with Crippen LogP contribution in [-0.2, 0) is 4.79 Å². The van der Waals surface area contributed by atoms with Gasteiger partial charge >= 0.3 is 0 Å². The van der Waals surface area contributed by atoms with Crippen LogP contribution in [0.25, 0.3) is 22.3 Å². The molecule has 5 nitrogen and oxygen atoms in total. The molecule has 0 aliphatic rings. The van der Waals surface area contributed by atoms with Crippen LogP contribution in [0.3, 0.4) is 0 Å². The summed E-state index contributed by atoms with van der Waals surface area (Å²) < 4.78 is 1.85. The van der Waals surface area contributed by atoms with Gasteiger partial charge in [0.2, 0.25) is 5.91 Å². The van der Waals surface area contributed by atoms with Crippen LogP contribution in [0.15, 0.2) is 47.3 Å². The quantitative estimate of drug-likeness (QED) is 0.354. The number of amides is 1. The summed E-state index contributed by atoms with van der Waals surface area (Å²) in [5.41, 5.74) is 3.89. The summed E-state index contributed by atoms with van der Waals surface area (Å²) >= 11 is 9.03. The van der Waals surface area contributed by atoms with Crippen molar-refractivity contribution in [1.82, 2.24) is 14.4 Å². The Morgan fingerprint density at radius 1 is 1.28 bits per heavy atom. The standard InChI is InChI=1S/C21H19ClN4OS2/c1-3-13(2)14-4-6-15(7-5-14)16-12-29-20(23-16)24-18(27)9-8-17-19(22)25-21-26(17)10-11-28-21/h4-13H,3H2,1-2H3,(H,23,24,27). The fourth-order valence-electron chi connectivity index (χ4n) is 2.91. The number of imidazole rings is 1. The van der Waals surface area contributed by atoms with Crippen LogP contribution in [0.1, 0.15) is 37.4 Å². The highest BCUT2D eigenvalue weighted by molar-refractivity contribution is 7.15. The Morgan fingerprint density at radius 2 is 2.07 bits per heavy atom. The molecule has 3 heterocycles. The van der Waals surface area contributed by atoms with Crippen LogP contribution in [0.2, 0.25) is 5.15 Å². The van der Waals surface area contributed by atoms with Gasteiger partial charge in [-0.05, 0) is 24.0 Å². The van der Waals surface area contributed by atoms with E-state index in [1.54, 1.807) is 6.08 Å². The third-order valence-electron chi connectivity index (χ3n) is 4.77. The second-order valence-corrected chi connectivity index (χ2v) is 8.72. The molecule has 1 N–H and O–H groups in total. The molecular formula is C21H19ClN4OS2. The van der Waals surface area contributed by atoms with Gasteiger partial charge in [0.1, 0.15) is 0 Å². The first kappa shape index (κ1) is 19.8. The molecule has 0 fully saturated rings. The lowest BCUT2D eigenvalue weighted by Gasteiger charge is -2.08. The Morgan fingerprint density at radius 3 is 2.83 bits per heavy atom. The summed E-state index contributed by atoms with van der Waals surface area (Å²) in [7, 11) is 0. The van der Waals surface area contributed by atoms with Gasteiger partial charge < -0.3 is 0 Å². The number of benzene rings is 1. The predicted octanol–water partition coefficient (Wildman–Crippen LogP) is 6.34. The van der Waals surface area contributed by atoms with Gasteiger partial charge in [0.05, 0.1) is 11.4 Å². The number of aromatic nitrogens is 3. The van der Waals surface area contributed by atoms with Crippen molar-refractivity contribution in [2.75, 3.05) is 5.32 Å². The number of thiazole rings is 2. The summed E-state index contributed by atoms with van der Waals surface area (Å²) in [4.78, 5) is 21.9. The van der Waals surface area contributed by atoms with Crippen molar-refractivity contribution >= 4 is 56.4 Å². The van der Waals surface area contributed by atoms with Gasteiger partial charge in [-0.3, -0.25) is 14.5 Å². The van der Waals surface area contributed by atoms with Crippen molar-refractivity contribution < 1.29 is 4.79 Å². The highest BCUT2D eigenvalue weighted by atomic mass is 35.5. The highest BCUT2D eigenvalue weighted by Gasteiger charge is 2.10. The van der Waals surface area contributed by atoms with Crippen molar-refractivity contribution in [3.63, 3.8) is 0 Å². The number of fused-ring (bicyclic) bond motifs is 1. The topological polar surface area (TPSA) is 59.3 Å². The number of hydrogen-bond acceptors (Lipinski definition) is 5. The predicted molar refractivity (Wildman–Crippen MR) is 122 cm³/mol. The Hall–Kier alpha value is -2.48. The van der Waals surface area contributed by atoms with Gasteiger partial charge in [-0.1, -0.05) is 49.7 Å². The molecule has 0 saturated heterocycles. The highest BCUT2D eigenvalue weighted by Crippen LogP contribution is 2.27. The van der Waals surface area contributed by atoms with Crippen LogP contribution in [0.5, 0.6) is 0 Å². The van der Waals surface area contributed by atoms with Crippen LogP contribution >= 0.6 is 34.3 Å². The summed E-state index contributed by atoms with van der Waals surface area (Å²) in [5.74, 6) is 0.278. The summed E-state index contributed by atoms with van der Waals surface area (Å²) in [6, 6.07) is 8.44. The fourth-order valence-corrected chi connectivity index (χ4v) is 4.64. The first-order chi connectivity index (χ1) is 14.0. The van der Waals surface area contributed by atoms with E-state index < -0.39 is 0 Å². The Balaban J connectivity index is 1.44. The molecule has 8 heteroatoms. The fraction of sp³-hybridized carbons (Fsp3) is 0.190. The van der Waals surface area contributed by atoms with E-state index in [0.29, 0.717) is 21.9 Å². The average Bonchev–Trinajstić information content (AvgIpc) is 3.43. The van der Waals surface area contributed by atoms with E-state index in [1.807, 2.05) is 21.4 Å². The van der Waals surface area contributed by atoms with Crippen molar-refractivity contribution in [2.45, 2.75) is 26.2 Å². The normalized spacial score (nSPS) is 12.7. The molecule has 1 amide bonds. The molecule has 4 aromatic rings. The molecule has 1 atom stereocenters. The number of nitrogens with one attached hydrogen (secondary N) is 1. The first-order valence-electron chi connectivity index (χ1n) is 9.21. The lowest BCUT2D eigenvalue weighted by Crippen LogP contribution is -2.07. The molecule has 0 saturated carbocycles. The Labute approximate surface area is 181 Å². The number of carbonyl (C=O) groups excluding carboxylic acids is 1. The zero-order valence-electron chi connectivity index (χ0n) is 15.9. The molecule has 29 heavy (non-hydrogen) atoms. The number of hydrogen-bond donors (Lipinski definition) is 1. The second-order valence-electron chi connectivity index (χ2n) is 6.64. The van der Waals surface area contributed by atoms with Gasteiger partial charge in [-0.15, -0.1) is 22.7 Å². The average molecular weight is 443 g/mol. The largest absolute Gasteiger partial charge is 0.298 e. The van der Waals surface area contributed by atoms with E-state index in [4.69, 9.17) is 11.6 Å². The minimum atomic E-state index is -0.265. The molecule has 1 unspecified atom stereocenters. The van der Waals surface area contributed by atoms with E-state index in [1.165, 1.54) is 34.3 Å². The van der Waals surface area contributed by atoms with Gasteiger partial charge in [0.15, 0.2) is 15.2 Å². The molecule has 1 aromatic carbocycles. The van der Waals surface area contributed by atoms with Crippen LogP contribution in [-0.4, -0.2) is 20.3 Å². The third kappa shape index (κ3) is 4.27. The van der Waals surface area contributed by atoms with Crippen molar-refractivity contribution in [3.05, 3.63) is 63.7 Å². The minimum absolute atomic E-state index is 0.265. The maximum absolute atomic E-state index is 12.3. The third-order valence-corrected chi connectivity index (χ3v) is 6.56. The first-order valence-corrected chi connectivity index (χ1v) is 11.3. The van der Waals surface area contributed by atoms with Crippen LogP contribution in [0.4, 0.5) is 5.13 Å². The molecule has 0 aliphatic carbocycles. The zero-order chi connectivity index (χ0) is 20.4. The second kappa shape index (κ2) is 8.49. The van der Waals surface area contributed by atoms with E-state index in [2.05, 4.69) is 53.4 Å². The van der Waals surface area contributed by atoms with Gasteiger partial charge in [-0.25, -0.2) is 9.97 Å². The van der Waals surface area contributed by atoms with Gasteiger partial charge in [0.25, 0.3) is 0 Å². The van der Waals surface area contributed by atoms with Crippen molar-refractivity contribution in [2.24, 2.45) is 0 Å². The van der Waals surface area contributed by atoms with E-state index in [-0.39, 0.29) is 5.91 Å². The Bertz CT molecular complexity index is 1170. The molecule has 3 aromatic heterocycles. The lowest BCUT2D eigenvalue weighted by atomic mass is 9.97. The van der Waals surface area contributed by atoms with E-state index in [9.17, 15) is 4.79 Å². The molecule has 0 bridgehead atoms. The Kier molecular flexibility index (Phi) is 5.80. The molecule has 0 aliphatic heterocycles. The zero-order valence-corrected chi connectivity index (χ0v) is 18.3. The minimum Gasteiger partial charge on any atom is -0.298 e. The number of carbonyl (C=O) groups is 1. The molecule has 0 spiro atoms. The van der Waals surface area contributed by atoms with Crippen LogP contribution < -0.4 is 5.32 Å². The monoisotopic (exact) mass is 442 g/mol. The number of rotatable bonds is 6. The van der Waals surface area contributed by atoms with E-state index >= 15 is 0 Å².